The lowest BCUT2D eigenvalue weighted by atomic mass is 10.2. The summed E-state index contributed by atoms with van der Waals surface area (Å²) in [4.78, 5) is 23.6. The van der Waals surface area contributed by atoms with Crippen molar-refractivity contribution in [3.05, 3.63) is 68.1 Å². The van der Waals surface area contributed by atoms with Crippen molar-refractivity contribution in [2.75, 3.05) is 6.61 Å². The van der Waals surface area contributed by atoms with Crippen LogP contribution < -0.4 is 5.32 Å². The van der Waals surface area contributed by atoms with Gasteiger partial charge in [0.15, 0.2) is 6.61 Å². The highest BCUT2D eigenvalue weighted by molar-refractivity contribution is 9.10. The van der Waals surface area contributed by atoms with Crippen LogP contribution in [0.5, 0.6) is 0 Å². The molecule has 1 N–H and O–H groups in total. The number of amides is 1. The average Bonchev–Trinajstić information content (AvgIpc) is 2.54. The van der Waals surface area contributed by atoms with E-state index in [1.54, 1.807) is 36.4 Å². The summed E-state index contributed by atoms with van der Waals surface area (Å²) >= 11 is 15.0. The number of benzene rings is 2. The molecule has 0 heterocycles. The van der Waals surface area contributed by atoms with E-state index in [-0.39, 0.29) is 17.2 Å². The molecule has 0 aromatic heterocycles. The molecular formula is C16H12BrCl2NO3. The van der Waals surface area contributed by atoms with Crippen molar-refractivity contribution in [1.29, 1.82) is 0 Å². The number of halogens is 3. The van der Waals surface area contributed by atoms with E-state index in [1.165, 1.54) is 6.07 Å². The predicted octanol–water partition coefficient (Wildman–Crippen LogP) is 4.23. The van der Waals surface area contributed by atoms with Crippen molar-refractivity contribution in [3.8, 4) is 0 Å². The van der Waals surface area contributed by atoms with Crippen LogP contribution in [-0.4, -0.2) is 18.5 Å². The van der Waals surface area contributed by atoms with Gasteiger partial charge in [0.05, 0.1) is 10.6 Å². The van der Waals surface area contributed by atoms with Gasteiger partial charge in [0.2, 0.25) is 0 Å². The Kier molecular flexibility index (Phi) is 6.45. The molecule has 0 aliphatic carbocycles. The summed E-state index contributed by atoms with van der Waals surface area (Å²) in [5.74, 6) is -1.06. The van der Waals surface area contributed by atoms with Gasteiger partial charge in [-0.05, 0) is 35.9 Å². The molecule has 2 aromatic carbocycles. The minimum absolute atomic E-state index is 0.201. The van der Waals surface area contributed by atoms with Crippen LogP contribution in [0.4, 0.5) is 0 Å². The van der Waals surface area contributed by atoms with Gasteiger partial charge in [0.1, 0.15) is 0 Å². The number of nitrogens with one attached hydrogen (secondary N) is 1. The molecule has 0 spiro atoms. The minimum Gasteiger partial charge on any atom is -0.452 e. The largest absolute Gasteiger partial charge is 0.452 e. The summed E-state index contributed by atoms with van der Waals surface area (Å²) in [6.45, 7) is -0.0551. The van der Waals surface area contributed by atoms with Crippen LogP contribution in [0.25, 0.3) is 0 Å². The fraction of sp³-hybridized carbons (Fsp3) is 0.125. The highest BCUT2D eigenvalue weighted by Gasteiger charge is 2.14. The van der Waals surface area contributed by atoms with Crippen molar-refractivity contribution in [1.82, 2.24) is 5.32 Å². The van der Waals surface area contributed by atoms with E-state index >= 15 is 0 Å². The van der Waals surface area contributed by atoms with Crippen LogP contribution in [-0.2, 0) is 16.1 Å². The van der Waals surface area contributed by atoms with E-state index < -0.39 is 11.9 Å². The van der Waals surface area contributed by atoms with E-state index in [0.717, 1.165) is 5.56 Å². The Morgan fingerprint density at radius 1 is 1.09 bits per heavy atom. The molecule has 0 unspecified atom stereocenters. The van der Waals surface area contributed by atoms with Crippen LogP contribution in [0.1, 0.15) is 15.9 Å². The van der Waals surface area contributed by atoms with Gasteiger partial charge in [-0.15, -0.1) is 0 Å². The highest BCUT2D eigenvalue weighted by atomic mass is 79.9. The summed E-state index contributed by atoms with van der Waals surface area (Å²) in [6, 6.07) is 11.9. The number of rotatable bonds is 5. The van der Waals surface area contributed by atoms with Crippen LogP contribution in [0, 0.1) is 0 Å². The van der Waals surface area contributed by atoms with Gasteiger partial charge in [-0.1, -0.05) is 51.3 Å². The second-order valence-electron chi connectivity index (χ2n) is 4.60. The molecule has 0 saturated carbocycles. The van der Waals surface area contributed by atoms with Gasteiger partial charge in [0.25, 0.3) is 5.91 Å². The number of ether oxygens (including phenoxy) is 1. The van der Waals surface area contributed by atoms with Crippen molar-refractivity contribution in [2.45, 2.75) is 6.54 Å². The van der Waals surface area contributed by atoms with Crippen molar-refractivity contribution in [3.63, 3.8) is 0 Å². The molecule has 0 saturated heterocycles. The number of hydrogen-bond donors (Lipinski definition) is 1. The Morgan fingerprint density at radius 2 is 1.78 bits per heavy atom. The third-order valence-electron chi connectivity index (χ3n) is 2.89. The van der Waals surface area contributed by atoms with Crippen LogP contribution in [0.2, 0.25) is 10.0 Å². The molecule has 0 aliphatic rings. The zero-order chi connectivity index (χ0) is 16.8. The van der Waals surface area contributed by atoms with Gasteiger partial charge in [-0.2, -0.15) is 0 Å². The van der Waals surface area contributed by atoms with Crippen LogP contribution in [0.15, 0.2) is 46.9 Å². The quantitative estimate of drug-likeness (QED) is 0.742. The van der Waals surface area contributed by atoms with E-state index in [2.05, 4.69) is 21.2 Å². The van der Waals surface area contributed by atoms with Gasteiger partial charge >= 0.3 is 5.97 Å². The second kappa shape index (κ2) is 8.34. The lowest BCUT2D eigenvalue weighted by molar-refractivity contribution is -0.124. The monoisotopic (exact) mass is 415 g/mol. The zero-order valence-electron chi connectivity index (χ0n) is 11.8. The molecule has 120 valence electrons. The molecule has 0 bridgehead atoms. The molecule has 0 fully saturated rings. The first-order valence-electron chi connectivity index (χ1n) is 6.59. The molecule has 2 aromatic rings. The smallest absolute Gasteiger partial charge is 0.340 e. The number of carbonyl (C=O) groups is 2. The first kappa shape index (κ1) is 17.8. The summed E-state index contributed by atoms with van der Waals surface area (Å²) < 4.78 is 5.65. The summed E-state index contributed by atoms with van der Waals surface area (Å²) in [6.07, 6.45) is 0. The first-order chi connectivity index (χ1) is 11.0. The lowest BCUT2D eigenvalue weighted by Gasteiger charge is -2.08. The van der Waals surface area contributed by atoms with Crippen LogP contribution >= 0.6 is 39.1 Å². The Balaban J connectivity index is 1.83. The first-order valence-corrected chi connectivity index (χ1v) is 8.14. The molecule has 0 radical (unpaired) electrons. The van der Waals surface area contributed by atoms with E-state index in [0.29, 0.717) is 16.0 Å². The van der Waals surface area contributed by atoms with Crippen LogP contribution in [0.3, 0.4) is 0 Å². The SMILES string of the molecule is O=C(COC(=O)c1cc(Br)ccc1Cl)NCc1ccc(Cl)cc1. The normalized spacial score (nSPS) is 10.2. The maximum Gasteiger partial charge on any atom is 0.340 e. The fourth-order valence-corrected chi connectivity index (χ4v) is 2.40. The maximum atomic E-state index is 11.9. The van der Waals surface area contributed by atoms with Crippen molar-refractivity contribution >= 4 is 51.0 Å². The highest BCUT2D eigenvalue weighted by Crippen LogP contribution is 2.21. The van der Waals surface area contributed by atoms with Gasteiger partial charge < -0.3 is 10.1 Å². The summed E-state index contributed by atoms with van der Waals surface area (Å²) in [7, 11) is 0. The van der Waals surface area contributed by atoms with E-state index in [1.807, 2.05) is 0 Å². The number of carbonyl (C=O) groups excluding carboxylic acids is 2. The molecule has 7 heteroatoms. The average molecular weight is 417 g/mol. The fourth-order valence-electron chi connectivity index (χ4n) is 1.72. The number of hydrogen-bond acceptors (Lipinski definition) is 3. The van der Waals surface area contributed by atoms with E-state index in [9.17, 15) is 9.59 Å². The Hall–Kier alpha value is -1.56. The molecule has 23 heavy (non-hydrogen) atoms. The molecule has 0 aliphatic heterocycles. The number of esters is 1. The van der Waals surface area contributed by atoms with Gasteiger partial charge in [-0.25, -0.2) is 4.79 Å². The Labute approximate surface area is 151 Å². The third kappa shape index (κ3) is 5.53. The topological polar surface area (TPSA) is 55.4 Å². The maximum absolute atomic E-state index is 11.9. The molecular weight excluding hydrogens is 405 g/mol. The zero-order valence-corrected chi connectivity index (χ0v) is 14.9. The third-order valence-corrected chi connectivity index (χ3v) is 3.96. The standard InChI is InChI=1S/C16H12BrCl2NO3/c17-11-3-6-14(19)13(7-11)16(22)23-9-15(21)20-8-10-1-4-12(18)5-2-10/h1-7H,8-9H2,(H,20,21). The molecule has 4 nitrogen and oxygen atoms in total. The predicted molar refractivity (Wildman–Crippen MR) is 92.7 cm³/mol. The van der Waals surface area contributed by atoms with Crippen molar-refractivity contribution < 1.29 is 14.3 Å². The van der Waals surface area contributed by atoms with Crippen molar-refractivity contribution in [2.24, 2.45) is 0 Å². The van der Waals surface area contributed by atoms with E-state index in [4.69, 9.17) is 27.9 Å². The second-order valence-corrected chi connectivity index (χ2v) is 6.36. The van der Waals surface area contributed by atoms with Gasteiger partial charge in [0, 0.05) is 16.0 Å². The molecule has 0 atom stereocenters. The summed E-state index contributed by atoms with van der Waals surface area (Å²) in [5.41, 5.74) is 1.09. The minimum atomic E-state index is -0.655. The molecule has 1 amide bonds. The Bertz CT molecular complexity index is 720. The van der Waals surface area contributed by atoms with Gasteiger partial charge in [-0.3, -0.25) is 4.79 Å². The Morgan fingerprint density at radius 3 is 2.48 bits per heavy atom. The lowest BCUT2D eigenvalue weighted by Crippen LogP contribution is -2.28. The summed E-state index contributed by atoms with van der Waals surface area (Å²) in [5, 5.41) is 3.54. The molecule has 2 rings (SSSR count).